The summed E-state index contributed by atoms with van der Waals surface area (Å²) in [5, 5.41) is 16.4. The summed E-state index contributed by atoms with van der Waals surface area (Å²) in [5.41, 5.74) is 4.00. The summed E-state index contributed by atoms with van der Waals surface area (Å²) in [6.45, 7) is 2.80. The smallest absolute Gasteiger partial charge is 0.222 e. The summed E-state index contributed by atoms with van der Waals surface area (Å²) in [5.74, 6) is 2.04. The van der Waals surface area contributed by atoms with Crippen molar-refractivity contribution >= 4 is 11.6 Å². The van der Waals surface area contributed by atoms with Gasteiger partial charge in [0, 0.05) is 37.3 Å². The zero-order valence-corrected chi connectivity index (χ0v) is 22.4. The number of hydrogen-bond acceptors (Lipinski definition) is 5. The lowest BCUT2D eigenvalue weighted by Gasteiger charge is -2.25. The molecule has 0 amide bonds. The van der Waals surface area contributed by atoms with E-state index in [2.05, 4.69) is 17.0 Å². The molecule has 3 aromatic carbocycles. The van der Waals surface area contributed by atoms with E-state index in [1.165, 1.54) is 12.8 Å². The fourth-order valence-corrected chi connectivity index (χ4v) is 4.72. The quantitative estimate of drug-likeness (QED) is 0.219. The van der Waals surface area contributed by atoms with Crippen molar-refractivity contribution in [2.24, 2.45) is 13.0 Å². The molecule has 0 unspecified atom stereocenters. The Morgan fingerprint density at radius 2 is 1.68 bits per heavy atom. The number of nitrogens with zero attached hydrogens (tertiary/aromatic N) is 3. The molecule has 0 saturated heterocycles. The van der Waals surface area contributed by atoms with Crippen molar-refractivity contribution in [1.82, 2.24) is 14.7 Å². The van der Waals surface area contributed by atoms with Crippen LogP contribution >= 0.6 is 11.6 Å². The highest BCUT2D eigenvalue weighted by Crippen LogP contribution is 2.36. The number of halogens is 1. The molecule has 1 heterocycles. The highest BCUT2D eigenvalue weighted by atomic mass is 35.5. The molecule has 1 atom stereocenters. The third kappa shape index (κ3) is 7.23. The highest BCUT2D eigenvalue weighted by Gasteiger charge is 2.28. The lowest BCUT2D eigenvalue weighted by Crippen LogP contribution is -2.36. The van der Waals surface area contributed by atoms with Crippen LogP contribution in [0.15, 0.2) is 84.9 Å². The van der Waals surface area contributed by atoms with E-state index in [0.29, 0.717) is 42.3 Å². The molecule has 38 heavy (non-hydrogen) atoms. The van der Waals surface area contributed by atoms with Gasteiger partial charge in [0.25, 0.3) is 0 Å². The van der Waals surface area contributed by atoms with Crippen LogP contribution in [0.5, 0.6) is 11.6 Å². The molecule has 5 rings (SSSR count). The molecular weight excluding hydrogens is 498 g/mol. The first-order valence-corrected chi connectivity index (χ1v) is 13.5. The number of aliphatic hydroxyl groups excluding tert-OH is 1. The molecule has 0 spiro atoms. The Labute approximate surface area is 229 Å². The molecule has 0 bridgehead atoms. The maximum Gasteiger partial charge on any atom is 0.222 e. The van der Waals surface area contributed by atoms with E-state index in [1.54, 1.807) is 4.68 Å². The molecule has 1 aliphatic rings. The number of benzene rings is 3. The van der Waals surface area contributed by atoms with Crippen LogP contribution in [0.4, 0.5) is 0 Å². The molecule has 6 nitrogen and oxygen atoms in total. The predicted molar refractivity (Wildman–Crippen MR) is 150 cm³/mol. The average molecular weight is 532 g/mol. The summed E-state index contributed by atoms with van der Waals surface area (Å²) >= 11 is 6.09. The molecule has 0 aliphatic heterocycles. The van der Waals surface area contributed by atoms with Crippen molar-refractivity contribution in [3.8, 4) is 22.9 Å². The van der Waals surface area contributed by atoms with Crippen molar-refractivity contribution in [3.05, 3.63) is 101 Å². The van der Waals surface area contributed by atoms with E-state index < -0.39 is 6.10 Å². The average Bonchev–Trinajstić information content (AvgIpc) is 3.70. The van der Waals surface area contributed by atoms with Gasteiger partial charge >= 0.3 is 0 Å². The minimum absolute atomic E-state index is 0.281. The van der Waals surface area contributed by atoms with E-state index in [1.807, 2.05) is 79.8 Å². The predicted octanol–water partition coefficient (Wildman–Crippen LogP) is 6.32. The Morgan fingerprint density at radius 3 is 2.37 bits per heavy atom. The highest BCUT2D eigenvalue weighted by molar-refractivity contribution is 6.30. The van der Waals surface area contributed by atoms with Gasteiger partial charge < -0.3 is 14.6 Å². The van der Waals surface area contributed by atoms with Gasteiger partial charge in [0.1, 0.15) is 11.4 Å². The van der Waals surface area contributed by atoms with Crippen LogP contribution in [0.25, 0.3) is 11.3 Å². The third-order valence-electron chi connectivity index (χ3n) is 6.65. The van der Waals surface area contributed by atoms with Crippen LogP contribution in [0, 0.1) is 5.92 Å². The van der Waals surface area contributed by atoms with Crippen LogP contribution in [0.3, 0.4) is 0 Å². The van der Waals surface area contributed by atoms with Gasteiger partial charge in [-0.25, -0.2) is 4.68 Å². The SMILES string of the molecule is Cn1nc(-c2ccccc2)c(CN(CC2CC2)C[C@H](O)COCc2ccccc2)c1Oc1ccc(Cl)cc1. The molecule has 1 aliphatic carbocycles. The first kappa shape index (κ1) is 26.4. The summed E-state index contributed by atoms with van der Waals surface area (Å²) in [4.78, 5) is 2.31. The van der Waals surface area contributed by atoms with Crippen molar-refractivity contribution in [2.45, 2.75) is 32.1 Å². The van der Waals surface area contributed by atoms with E-state index >= 15 is 0 Å². The second-order valence-electron chi connectivity index (χ2n) is 9.97. The number of aliphatic hydroxyl groups is 1. The molecular formula is C31H34ClN3O3. The van der Waals surface area contributed by atoms with E-state index in [4.69, 9.17) is 26.2 Å². The zero-order valence-electron chi connectivity index (χ0n) is 21.7. The second kappa shape index (κ2) is 12.6. The van der Waals surface area contributed by atoms with Crippen LogP contribution < -0.4 is 4.74 Å². The van der Waals surface area contributed by atoms with Gasteiger partial charge in [-0.3, -0.25) is 4.90 Å². The fraction of sp³-hybridized carbons (Fsp3) is 0.323. The number of aromatic nitrogens is 2. The first-order valence-electron chi connectivity index (χ1n) is 13.1. The second-order valence-corrected chi connectivity index (χ2v) is 10.4. The maximum absolute atomic E-state index is 10.9. The molecule has 1 aromatic heterocycles. The van der Waals surface area contributed by atoms with E-state index in [-0.39, 0.29) is 6.61 Å². The summed E-state index contributed by atoms with van der Waals surface area (Å²) in [6.07, 6.45) is 1.85. The van der Waals surface area contributed by atoms with Gasteiger partial charge in [0.15, 0.2) is 0 Å². The van der Waals surface area contributed by atoms with Crippen molar-refractivity contribution in [1.29, 1.82) is 0 Å². The van der Waals surface area contributed by atoms with Crippen LogP contribution in [0.2, 0.25) is 5.02 Å². The Bertz CT molecular complexity index is 1290. The molecule has 1 N–H and O–H groups in total. The Balaban J connectivity index is 1.35. The molecule has 1 saturated carbocycles. The molecule has 0 radical (unpaired) electrons. The summed E-state index contributed by atoms with van der Waals surface area (Å²) in [6, 6.07) is 27.5. The zero-order chi connectivity index (χ0) is 26.3. The monoisotopic (exact) mass is 531 g/mol. The van der Waals surface area contributed by atoms with Crippen molar-refractivity contribution < 1.29 is 14.6 Å². The topological polar surface area (TPSA) is 59.8 Å². The number of hydrogen-bond donors (Lipinski definition) is 1. The maximum atomic E-state index is 10.9. The number of aryl methyl sites for hydroxylation is 1. The molecule has 198 valence electrons. The Hall–Kier alpha value is -3.16. The standard InChI is InChI=1S/C31H34ClN3O3/c1-34-31(38-28-16-14-26(32)15-17-28)29(30(33-34)25-10-6-3-7-11-25)20-35(18-23-12-13-23)19-27(36)22-37-21-24-8-4-2-5-9-24/h2-11,14-17,23,27,36H,12-13,18-22H2,1H3/t27-/m0/s1. The van der Waals surface area contributed by atoms with Gasteiger partial charge in [-0.05, 0) is 48.6 Å². The van der Waals surface area contributed by atoms with E-state index in [0.717, 1.165) is 28.9 Å². The van der Waals surface area contributed by atoms with E-state index in [9.17, 15) is 5.11 Å². The van der Waals surface area contributed by atoms with Crippen LogP contribution in [0.1, 0.15) is 24.0 Å². The lowest BCUT2D eigenvalue weighted by molar-refractivity contribution is 0.00774. The van der Waals surface area contributed by atoms with Gasteiger partial charge in [-0.15, -0.1) is 0 Å². The minimum atomic E-state index is -0.602. The van der Waals surface area contributed by atoms with Crippen molar-refractivity contribution in [2.75, 3.05) is 19.7 Å². The largest absolute Gasteiger partial charge is 0.439 e. The molecule has 4 aromatic rings. The molecule has 7 heteroatoms. The van der Waals surface area contributed by atoms with Crippen LogP contribution in [-0.2, 0) is 24.9 Å². The Morgan fingerprint density at radius 1 is 1.00 bits per heavy atom. The van der Waals surface area contributed by atoms with Crippen LogP contribution in [-0.4, -0.2) is 45.6 Å². The van der Waals surface area contributed by atoms with Gasteiger partial charge in [0.05, 0.1) is 24.9 Å². The van der Waals surface area contributed by atoms with Crippen molar-refractivity contribution in [3.63, 3.8) is 0 Å². The lowest BCUT2D eigenvalue weighted by atomic mass is 10.1. The minimum Gasteiger partial charge on any atom is -0.439 e. The van der Waals surface area contributed by atoms with Gasteiger partial charge in [-0.1, -0.05) is 72.3 Å². The normalized spacial score (nSPS) is 14.1. The number of rotatable bonds is 13. The number of ether oxygens (including phenoxy) is 2. The first-order chi connectivity index (χ1) is 18.5. The fourth-order valence-electron chi connectivity index (χ4n) is 4.60. The van der Waals surface area contributed by atoms with Gasteiger partial charge in [0.2, 0.25) is 5.88 Å². The molecule has 1 fully saturated rings. The third-order valence-corrected chi connectivity index (χ3v) is 6.90. The summed E-state index contributed by atoms with van der Waals surface area (Å²) < 4.78 is 14.0. The van der Waals surface area contributed by atoms with Gasteiger partial charge in [-0.2, -0.15) is 5.10 Å². The summed E-state index contributed by atoms with van der Waals surface area (Å²) in [7, 11) is 1.90. The Kier molecular flexibility index (Phi) is 8.76.